The number of nitrogens with two attached hydrogens (primary N) is 3. The highest BCUT2D eigenvalue weighted by molar-refractivity contribution is 6.00. The van der Waals surface area contributed by atoms with E-state index in [0.29, 0.717) is 23.6 Å². The van der Waals surface area contributed by atoms with Gasteiger partial charge >= 0.3 is 0 Å². The predicted octanol–water partition coefficient (Wildman–Crippen LogP) is 3.44. The standard InChI is InChI=1S/C16H21N7.C11H10F2N2.CH2O/c1-9-12(7-13(14(17)18)15(19)23-9)11-5-3-10(4-6-11)8-22-16(20)21-2;1-8(7-15-5-4-14)9-2-3-10(12)11(13)6-9;1-2/h3-7H,8H2,1-2H3,(H3,17,18)(H2,19,23)(H3,20,21,22);2-3,6-8H,5H2,1H3;1H2. The summed E-state index contributed by atoms with van der Waals surface area (Å²) in [5.74, 6) is -1.28. The van der Waals surface area contributed by atoms with Gasteiger partial charge < -0.3 is 27.3 Å². The topological polar surface area (TPSA) is 192 Å². The maximum atomic E-state index is 12.9. The number of hydrogen-bond acceptors (Lipinski definition) is 7. The molecule has 210 valence electrons. The maximum absolute atomic E-state index is 12.9. The Morgan fingerprint density at radius 3 is 2.38 bits per heavy atom. The Morgan fingerprint density at radius 1 is 1.18 bits per heavy atom. The number of hydrogen-bond donors (Lipinski definition) is 5. The zero-order chi connectivity index (χ0) is 30.2. The van der Waals surface area contributed by atoms with Gasteiger partial charge in [-0.1, -0.05) is 37.3 Å². The van der Waals surface area contributed by atoms with E-state index in [2.05, 4.69) is 20.3 Å². The van der Waals surface area contributed by atoms with E-state index in [1.165, 1.54) is 6.07 Å². The second kappa shape index (κ2) is 16.6. The number of rotatable bonds is 7. The first-order valence-corrected chi connectivity index (χ1v) is 11.8. The molecule has 0 bridgehead atoms. The molecule has 2 aromatic carbocycles. The fourth-order valence-electron chi connectivity index (χ4n) is 3.34. The largest absolute Gasteiger partial charge is 0.384 e. The number of nitrogens with zero attached hydrogens (tertiary/aromatic N) is 4. The lowest BCUT2D eigenvalue weighted by molar-refractivity contribution is -0.0980. The van der Waals surface area contributed by atoms with E-state index in [4.69, 9.17) is 32.7 Å². The zero-order valence-electron chi connectivity index (χ0n) is 22.6. The van der Waals surface area contributed by atoms with Crippen molar-refractivity contribution in [2.24, 2.45) is 21.5 Å². The molecule has 1 heterocycles. The minimum Gasteiger partial charge on any atom is -0.384 e. The Bertz CT molecular complexity index is 1380. The first-order valence-electron chi connectivity index (χ1n) is 11.8. The summed E-state index contributed by atoms with van der Waals surface area (Å²) in [6, 6.07) is 15.3. The number of aryl methyl sites for hydroxylation is 1. The Labute approximate surface area is 232 Å². The molecule has 1 aromatic heterocycles. The highest BCUT2D eigenvalue weighted by atomic mass is 19.2. The lowest BCUT2D eigenvalue weighted by Gasteiger charge is -2.11. The number of nitrogen functional groups attached to an aromatic ring is 2. The highest BCUT2D eigenvalue weighted by Crippen LogP contribution is 2.26. The third-order valence-electron chi connectivity index (χ3n) is 5.47. The van der Waals surface area contributed by atoms with Crippen molar-refractivity contribution in [1.82, 2.24) is 10.3 Å². The third-order valence-corrected chi connectivity index (χ3v) is 5.47. The monoisotopic (exact) mass is 549 g/mol. The molecule has 0 radical (unpaired) electrons. The lowest BCUT2D eigenvalue weighted by Crippen LogP contribution is -2.30. The van der Waals surface area contributed by atoms with Crippen LogP contribution in [0.4, 0.5) is 14.6 Å². The molecule has 1 atom stereocenters. The number of nitrogens with one attached hydrogen (secondary N) is 2. The number of guanidine groups is 1. The maximum Gasteiger partial charge on any atom is 0.188 e. The summed E-state index contributed by atoms with van der Waals surface area (Å²) in [6.07, 6.45) is 1.55. The molecule has 0 fully saturated rings. The van der Waals surface area contributed by atoms with E-state index in [0.717, 1.165) is 34.5 Å². The summed E-state index contributed by atoms with van der Waals surface area (Å²) in [5.41, 5.74) is 21.8. The van der Waals surface area contributed by atoms with Gasteiger partial charge in [-0.05, 0) is 41.8 Å². The Morgan fingerprint density at radius 2 is 1.82 bits per heavy atom. The fourth-order valence-corrected chi connectivity index (χ4v) is 3.34. The molecule has 0 aliphatic carbocycles. The number of aliphatic imine (C=N–C) groups is 2. The number of aromatic nitrogens is 1. The second-order valence-electron chi connectivity index (χ2n) is 8.24. The van der Waals surface area contributed by atoms with E-state index in [1.54, 1.807) is 26.3 Å². The Balaban J connectivity index is 0.000000408. The molecule has 40 heavy (non-hydrogen) atoms. The van der Waals surface area contributed by atoms with Gasteiger partial charge in [0.25, 0.3) is 0 Å². The van der Waals surface area contributed by atoms with Crippen LogP contribution in [-0.4, -0.2) is 43.4 Å². The van der Waals surface area contributed by atoms with Gasteiger partial charge in [0.1, 0.15) is 25.0 Å². The molecule has 0 saturated carbocycles. The van der Waals surface area contributed by atoms with Crippen LogP contribution in [0.25, 0.3) is 11.1 Å². The van der Waals surface area contributed by atoms with E-state index >= 15 is 0 Å². The summed E-state index contributed by atoms with van der Waals surface area (Å²) in [4.78, 5) is 19.9. The van der Waals surface area contributed by atoms with Crippen LogP contribution < -0.4 is 22.5 Å². The number of anilines is 1. The highest BCUT2D eigenvalue weighted by Gasteiger charge is 2.11. The minimum absolute atomic E-state index is 0.0774. The van der Waals surface area contributed by atoms with Crippen molar-refractivity contribution in [3.8, 4) is 17.2 Å². The van der Waals surface area contributed by atoms with Crippen LogP contribution in [-0.2, 0) is 11.3 Å². The van der Waals surface area contributed by atoms with Gasteiger partial charge in [0.2, 0.25) is 0 Å². The molecule has 0 saturated heterocycles. The molecular formula is C28H33F2N9O. The van der Waals surface area contributed by atoms with Gasteiger partial charge in [0.05, 0.1) is 11.6 Å². The summed E-state index contributed by atoms with van der Waals surface area (Å²) in [5, 5.41) is 18.8. The van der Waals surface area contributed by atoms with Gasteiger partial charge in [0.15, 0.2) is 17.6 Å². The Hall–Kier alpha value is -5.18. The predicted molar refractivity (Wildman–Crippen MR) is 155 cm³/mol. The molecule has 3 rings (SSSR count). The molecule has 1 unspecified atom stereocenters. The normalized spacial score (nSPS) is 11.3. The molecule has 0 spiro atoms. The van der Waals surface area contributed by atoms with Crippen LogP contribution >= 0.6 is 0 Å². The van der Waals surface area contributed by atoms with Gasteiger partial charge in [-0.15, -0.1) is 0 Å². The first-order chi connectivity index (χ1) is 19.1. The molecular weight excluding hydrogens is 516 g/mol. The van der Waals surface area contributed by atoms with Crippen molar-refractivity contribution in [3.05, 3.63) is 82.5 Å². The van der Waals surface area contributed by atoms with Gasteiger partial charge in [-0.25, -0.2) is 13.8 Å². The van der Waals surface area contributed by atoms with Crippen molar-refractivity contribution >= 4 is 30.6 Å². The molecule has 3 aromatic rings. The first kappa shape index (κ1) is 32.8. The summed E-state index contributed by atoms with van der Waals surface area (Å²) < 4.78 is 25.5. The van der Waals surface area contributed by atoms with Crippen molar-refractivity contribution in [3.63, 3.8) is 0 Å². The smallest absolute Gasteiger partial charge is 0.188 e. The van der Waals surface area contributed by atoms with Crippen LogP contribution in [0.2, 0.25) is 0 Å². The number of halogens is 2. The van der Waals surface area contributed by atoms with Crippen LogP contribution in [0.3, 0.4) is 0 Å². The molecule has 8 N–H and O–H groups in total. The Kier molecular flexibility index (Phi) is 13.6. The van der Waals surface area contributed by atoms with Gasteiger partial charge in [0, 0.05) is 37.0 Å². The second-order valence-corrected chi connectivity index (χ2v) is 8.24. The number of benzene rings is 2. The van der Waals surface area contributed by atoms with Crippen molar-refractivity contribution in [2.75, 3.05) is 19.3 Å². The van der Waals surface area contributed by atoms with Crippen LogP contribution in [0.5, 0.6) is 0 Å². The van der Waals surface area contributed by atoms with E-state index in [-0.39, 0.29) is 24.1 Å². The fraction of sp³-hybridized carbons (Fsp3) is 0.214. The lowest BCUT2D eigenvalue weighted by atomic mass is 10.0. The van der Waals surface area contributed by atoms with E-state index in [1.807, 2.05) is 44.0 Å². The quantitative estimate of drug-likeness (QED) is 0.169. The molecule has 0 amide bonds. The van der Waals surface area contributed by atoms with Crippen LogP contribution in [0.1, 0.15) is 35.2 Å². The van der Waals surface area contributed by atoms with Crippen molar-refractivity contribution in [1.29, 1.82) is 10.7 Å². The average Bonchev–Trinajstić information content (AvgIpc) is 2.95. The number of nitriles is 1. The van der Waals surface area contributed by atoms with Crippen molar-refractivity contribution in [2.45, 2.75) is 26.3 Å². The van der Waals surface area contributed by atoms with Gasteiger partial charge in [-0.3, -0.25) is 15.4 Å². The minimum atomic E-state index is -0.868. The summed E-state index contributed by atoms with van der Waals surface area (Å²) >= 11 is 0. The third kappa shape index (κ3) is 9.94. The van der Waals surface area contributed by atoms with E-state index < -0.39 is 11.6 Å². The SMILES string of the molecule is C=O.CC(C=NCC#N)c1ccc(F)c(F)c1.CN=C(N)NCc1ccc(-c2cc(C(=N)N)c(N)nc2C)cc1. The number of carbonyl (C=O) groups excluding carboxylic acids is 1. The van der Waals surface area contributed by atoms with Crippen LogP contribution in [0.15, 0.2) is 58.5 Å². The van der Waals surface area contributed by atoms with Crippen LogP contribution in [0, 0.1) is 35.3 Å². The number of amidine groups is 1. The van der Waals surface area contributed by atoms with Gasteiger partial charge in [-0.2, -0.15) is 5.26 Å². The van der Waals surface area contributed by atoms with Crippen molar-refractivity contribution < 1.29 is 13.6 Å². The average molecular weight is 550 g/mol. The molecule has 10 nitrogen and oxygen atoms in total. The molecule has 0 aliphatic heterocycles. The summed E-state index contributed by atoms with van der Waals surface area (Å²) in [6.45, 7) is 6.35. The molecule has 12 heteroatoms. The zero-order valence-corrected chi connectivity index (χ0v) is 22.6. The molecule has 0 aliphatic rings. The summed E-state index contributed by atoms with van der Waals surface area (Å²) in [7, 11) is 1.63. The number of pyridine rings is 1. The number of carbonyl (C=O) groups is 1. The van der Waals surface area contributed by atoms with E-state index in [9.17, 15) is 8.78 Å².